The quantitative estimate of drug-likeness (QED) is 0.890. The number of benzene rings is 1. The third kappa shape index (κ3) is 6.02. The SMILES string of the molecule is CN(Cc1cccc(OC(F)(F)F)c1)CC1(C)CCNC1.Cl. The summed E-state index contributed by atoms with van der Waals surface area (Å²) in [6, 6.07) is 6.16. The Morgan fingerprint density at radius 2 is 2.09 bits per heavy atom. The Balaban J connectivity index is 0.00000242. The summed E-state index contributed by atoms with van der Waals surface area (Å²) in [5.74, 6) is -0.165. The van der Waals surface area contributed by atoms with E-state index in [1.54, 1.807) is 6.07 Å². The second-order valence-corrected chi connectivity index (χ2v) is 6.10. The van der Waals surface area contributed by atoms with Crippen LogP contribution in [0.4, 0.5) is 13.2 Å². The van der Waals surface area contributed by atoms with E-state index in [9.17, 15) is 13.2 Å². The minimum atomic E-state index is -4.65. The number of nitrogens with zero attached hydrogens (tertiary/aromatic N) is 1. The van der Waals surface area contributed by atoms with Crippen LogP contribution in [0.15, 0.2) is 24.3 Å². The van der Waals surface area contributed by atoms with Gasteiger partial charge in [-0.05, 0) is 43.1 Å². The van der Waals surface area contributed by atoms with Crippen LogP contribution in [0.5, 0.6) is 5.75 Å². The van der Waals surface area contributed by atoms with Crippen molar-refractivity contribution in [2.45, 2.75) is 26.3 Å². The highest BCUT2D eigenvalue weighted by Gasteiger charge is 2.31. The summed E-state index contributed by atoms with van der Waals surface area (Å²) in [4.78, 5) is 2.14. The fourth-order valence-electron chi connectivity index (χ4n) is 2.86. The molecule has 1 fully saturated rings. The van der Waals surface area contributed by atoms with Gasteiger partial charge in [-0.2, -0.15) is 0 Å². The van der Waals surface area contributed by atoms with Crippen LogP contribution >= 0.6 is 12.4 Å². The monoisotopic (exact) mass is 338 g/mol. The third-order valence-corrected chi connectivity index (χ3v) is 3.69. The van der Waals surface area contributed by atoms with Crippen molar-refractivity contribution in [1.82, 2.24) is 10.2 Å². The Kier molecular flexibility index (Phi) is 6.52. The van der Waals surface area contributed by atoms with Gasteiger partial charge in [0.05, 0.1) is 0 Å². The van der Waals surface area contributed by atoms with Crippen molar-refractivity contribution in [2.75, 3.05) is 26.7 Å². The number of hydrogen-bond donors (Lipinski definition) is 1. The zero-order valence-corrected chi connectivity index (χ0v) is 13.6. The fourth-order valence-corrected chi connectivity index (χ4v) is 2.86. The van der Waals surface area contributed by atoms with E-state index in [0.717, 1.165) is 31.6 Å². The summed E-state index contributed by atoms with van der Waals surface area (Å²) < 4.78 is 40.6. The molecule has 1 aromatic carbocycles. The lowest BCUT2D eigenvalue weighted by Crippen LogP contribution is -2.34. The van der Waals surface area contributed by atoms with Crippen molar-refractivity contribution < 1.29 is 17.9 Å². The molecule has 0 saturated carbocycles. The summed E-state index contributed by atoms with van der Waals surface area (Å²) in [5.41, 5.74) is 1.04. The number of hydrogen-bond acceptors (Lipinski definition) is 3. The highest BCUT2D eigenvalue weighted by Crippen LogP contribution is 2.27. The van der Waals surface area contributed by atoms with Crippen LogP contribution in [0.1, 0.15) is 18.9 Å². The van der Waals surface area contributed by atoms with E-state index in [1.165, 1.54) is 12.1 Å². The first kappa shape index (κ1) is 19.1. The average molecular weight is 339 g/mol. The predicted octanol–water partition coefficient (Wildman–Crippen LogP) is 3.44. The zero-order valence-electron chi connectivity index (χ0n) is 12.7. The van der Waals surface area contributed by atoms with Gasteiger partial charge in [-0.25, -0.2) is 0 Å². The van der Waals surface area contributed by atoms with Crippen LogP contribution in [0.2, 0.25) is 0 Å². The molecule has 2 rings (SSSR count). The van der Waals surface area contributed by atoms with E-state index in [4.69, 9.17) is 0 Å². The lowest BCUT2D eigenvalue weighted by molar-refractivity contribution is -0.274. The molecular weight excluding hydrogens is 317 g/mol. The first-order chi connectivity index (χ1) is 9.76. The van der Waals surface area contributed by atoms with Gasteiger partial charge in [-0.3, -0.25) is 0 Å². The van der Waals surface area contributed by atoms with E-state index in [1.807, 2.05) is 13.1 Å². The minimum Gasteiger partial charge on any atom is -0.406 e. The van der Waals surface area contributed by atoms with E-state index < -0.39 is 6.36 Å². The molecule has 22 heavy (non-hydrogen) atoms. The maximum Gasteiger partial charge on any atom is 0.573 e. The van der Waals surface area contributed by atoms with Crippen LogP contribution < -0.4 is 10.1 Å². The lowest BCUT2D eigenvalue weighted by Gasteiger charge is -2.29. The minimum absolute atomic E-state index is 0. The highest BCUT2D eigenvalue weighted by molar-refractivity contribution is 5.85. The van der Waals surface area contributed by atoms with Crippen LogP contribution in [0.25, 0.3) is 0 Å². The molecule has 1 atom stereocenters. The molecule has 1 unspecified atom stereocenters. The summed E-state index contributed by atoms with van der Waals surface area (Å²) >= 11 is 0. The molecule has 0 spiro atoms. The maximum atomic E-state index is 12.2. The van der Waals surface area contributed by atoms with Gasteiger partial charge in [0.1, 0.15) is 5.75 Å². The Morgan fingerprint density at radius 3 is 2.68 bits per heavy atom. The number of nitrogens with one attached hydrogen (secondary N) is 1. The number of halogens is 4. The van der Waals surface area contributed by atoms with E-state index in [2.05, 4.69) is 21.9 Å². The normalized spacial score (nSPS) is 21.7. The molecule has 0 aromatic heterocycles. The first-order valence-electron chi connectivity index (χ1n) is 7.00. The largest absolute Gasteiger partial charge is 0.573 e. The maximum absolute atomic E-state index is 12.2. The van der Waals surface area contributed by atoms with Crippen LogP contribution in [-0.4, -0.2) is 37.9 Å². The van der Waals surface area contributed by atoms with Gasteiger partial charge < -0.3 is 15.0 Å². The Hall–Kier alpha value is -0.980. The molecule has 1 heterocycles. The number of alkyl halides is 3. The van der Waals surface area contributed by atoms with Gasteiger partial charge in [0.15, 0.2) is 0 Å². The van der Waals surface area contributed by atoms with Crippen molar-refractivity contribution in [1.29, 1.82) is 0 Å². The number of ether oxygens (including phenoxy) is 1. The Labute approximate surface area is 135 Å². The Morgan fingerprint density at radius 1 is 1.36 bits per heavy atom. The van der Waals surface area contributed by atoms with Crippen molar-refractivity contribution in [3.05, 3.63) is 29.8 Å². The molecule has 1 aliphatic rings. The van der Waals surface area contributed by atoms with Gasteiger partial charge >= 0.3 is 6.36 Å². The van der Waals surface area contributed by atoms with Crippen LogP contribution in [-0.2, 0) is 6.54 Å². The summed E-state index contributed by atoms with van der Waals surface area (Å²) in [6.07, 6.45) is -3.53. The second-order valence-electron chi connectivity index (χ2n) is 6.10. The zero-order chi connectivity index (χ0) is 15.5. The molecule has 0 bridgehead atoms. The molecule has 0 radical (unpaired) electrons. The van der Waals surface area contributed by atoms with Gasteiger partial charge in [-0.1, -0.05) is 19.1 Å². The molecule has 1 saturated heterocycles. The average Bonchev–Trinajstić information content (AvgIpc) is 2.73. The molecule has 0 amide bonds. The molecule has 126 valence electrons. The highest BCUT2D eigenvalue weighted by atomic mass is 35.5. The van der Waals surface area contributed by atoms with Crippen molar-refractivity contribution in [3.63, 3.8) is 0 Å². The van der Waals surface area contributed by atoms with E-state index in [0.29, 0.717) is 6.54 Å². The molecule has 1 N–H and O–H groups in total. The molecule has 1 aromatic rings. The van der Waals surface area contributed by atoms with E-state index >= 15 is 0 Å². The Bertz CT molecular complexity index is 476. The van der Waals surface area contributed by atoms with E-state index in [-0.39, 0.29) is 23.6 Å². The molecule has 3 nitrogen and oxygen atoms in total. The third-order valence-electron chi connectivity index (χ3n) is 3.69. The smallest absolute Gasteiger partial charge is 0.406 e. The summed E-state index contributed by atoms with van der Waals surface area (Å²) in [5, 5.41) is 3.35. The summed E-state index contributed by atoms with van der Waals surface area (Å²) in [6.45, 7) is 5.75. The number of rotatable bonds is 5. The summed E-state index contributed by atoms with van der Waals surface area (Å²) in [7, 11) is 1.99. The van der Waals surface area contributed by atoms with Crippen molar-refractivity contribution >= 4 is 12.4 Å². The molecule has 0 aliphatic carbocycles. The lowest BCUT2D eigenvalue weighted by atomic mass is 9.89. The molecule has 1 aliphatic heterocycles. The predicted molar refractivity (Wildman–Crippen MR) is 82.3 cm³/mol. The first-order valence-corrected chi connectivity index (χ1v) is 7.00. The van der Waals surface area contributed by atoms with Gasteiger partial charge in [0.25, 0.3) is 0 Å². The second kappa shape index (κ2) is 7.53. The van der Waals surface area contributed by atoms with Gasteiger partial charge in [0.2, 0.25) is 0 Å². The van der Waals surface area contributed by atoms with Crippen LogP contribution in [0, 0.1) is 5.41 Å². The van der Waals surface area contributed by atoms with Crippen LogP contribution in [0.3, 0.4) is 0 Å². The van der Waals surface area contributed by atoms with Crippen molar-refractivity contribution in [2.24, 2.45) is 5.41 Å². The topological polar surface area (TPSA) is 24.5 Å². The standard InChI is InChI=1S/C15H21F3N2O.ClH/c1-14(6-7-19-10-14)11-20(2)9-12-4-3-5-13(8-12)21-15(16,17)18;/h3-5,8,19H,6-7,9-11H2,1-2H3;1H. The van der Waals surface area contributed by atoms with Crippen molar-refractivity contribution in [3.8, 4) is 5.75 Å². The van der Waals surface area contributed by atoms with Gasteiger partial charge in [0, 0.05) is 19.6 Å². The van der Waals surface area contributed by atoms with Gasteiger partial charge in [-0.15, -0.1) is 25.6 Å². The fraction of sp³-hybridized carbons (Fsp3) is 0.600. The molecule has 7 heteroatoms. The molecular formula is C15H22ClF3N2O.